The van der Waals surface area contributed by atoms with Crippen molar-refractivity contribution < 1.29 is 17.0 Å². The van der Waals surface area contributed by atoms with E-state index in [-0.39, 0.29) is 18.8 Å². The second kappa shape index (κ2) is 16.8. The van der Waals surface area contributed by atoms with Crippen molar-refractivity contribution in [2.45, 2.75) is 90.9 Å². The van der Waals surface area contributed by atoms with Crippen molar-refractivity contribution in [2.24, 2.45) is 0 Å². The monoisotopic (exact) mass is 340 g/mol. The smallest absolute Gasteiger partial charge is 0.307 e. The van der Waals surface area contributed by atoms with E-state index >= 15 is 0 Å². The number of ether oxygens (including phenoxy) is 2. The number of carbonyl (C=O) groups is 1. The van der Waals surface area contributed by atoms with Crippen molar-refractivity contribution in [3.05, 3.63) is 24.5 Å². The Kier molecular flexibility index (Phi) is 13.4. The van der Waals surface area contributed by atoms with Crippen molar-refractivity contribution in [1.82, 2.24) is 0 Å². The summed E-state index contributed by atoms with van der Waals surface area (Å²) < 4.78 is 26.0. The van der Waals surface area contributed by atoms with E-state index < -0.39 is 12.5 Å². The lowest BCUT2D eigenvalue weighted by Crippen LogP contribution is -2.04. The molecular formula is C21H38O3. The molecule has 0 N–H and O–H groups in total. The van der Waals surface area contributed by atoms with Crippen molar-refractivity contribution in [3.63, 3.8) is 0 Å². The van der Waals surface area contributed by atoms with Crippen LogP contribution in [0.4, 0.5) is 0 Å². The van der Waals surface area contributed by atoms with Gasteiger partial charge in [0.1, 0.15) is 5.76 Å². The molecule has 0 bridgehead atoms. The highest BCUT2D eigenvalue weighted by Gasteiger charge is 2.01. The van der Waals surface area contributed by atoms with E-state index in [4.69, 9.17) is 12.2 Å². The molecule has 0 aromatic rings. The molecule has 0 aromatic carbocycles. The molecule has 0 spiro atoms. The van der Waals surface area contributed by atoms with Crippen LogP contribution in [0.5, 0.6) is 0 Å². The van der Waals surface area contributed by atoms with Crippen LogP contribution in [0.25, 0.3) is 0 Å². The van der Waals surface area contributed by atoms with E-state index in [0.717, 1.165) is 12.8 Å². The number of hydrogen-bond acceptors (Lipinski definition) is 3. The van der Waals surface area contributed by atoms with Crippen LogP contribution in [0, 0.1) is 0 Å². The predicted octanol–water partition coefficient (Wildman–Crippen LogP) is 6.34. The fourth-order valence-corrected chi connectivity index (χ4v) is 2.45. The molecule has 0 atom stereocenters. The number of esters is 1. The Labute approximate surface area is 152 Å². The maximum absolute atomic E-state index is 10.8. The fraction of sp³-hybridized carbons (Fsp3) is 0.762. The van der Waals surface area contributed by atoms with Crippen LogP contribution in [0.2, 0.25) is 0 Å². The number of rotatable bonds is 17. The molecule has 0 saturated heterocycles. The van der Waals surface area contributed by atoms with Gasteiger partial charge in [-0.25, -0.2) is 0 Å². The standard InChI is InChI=1S/C21H38O3/c1-5-6-7-8-9-10-11-12-13-14-15-19(2)18-23-17-16-20(3)24-21(4)22/h2-3,5-18H2,1,4H3/i18D2. The largest absolute Gasteiger partial charge is 0.432 e. The highest BCUT2D eigenvalue weighted by Crippen LogP contribution is 2.13. The van der Waals surface area contributed by atoms with Crippen LogP contribution in [0.15, 0.2) is 24.5 Å². The Bertz CT molecular complexity index is 419. The lowest BCUT2D eigenvalue weighted by molar-refractivity contribution is -0.137. The van der Waals surface area contributed by atoms with Gasteiger partial charge in [-0.3, -0.25) is 4.79 Å². The highest BCUT2D eigenvalue weighted by atomic mass is 16.5. The summed E-state index contributed by atoms with van der Waals surface area (Å²) in [6, 6.07) is 0. The van der Waals surface area contributed by atoms with Gasteiger partial charge in [0.2, 0.25) is 0 Å². The summed E-state index contributed by atoms with van der Waals surface area (Å²) in [5.41, 5.74) is 0.468. The summed E-state index contributed by atoms with van der Waals surface area (Å²) >= 11 is 0. The molecule has 24 heavy (non-hydrogen) atoms. The van der Waals surface area contributed by atoms with Crippen LogP contribution in [-0.2, 0) is 14.3 Å². The molecule has 0 saturated carbocycles. The third-order valence-corrected chi connectivity index (χ3v) is 3.82. The van der Waals surface area contributed by atoms with Crippen LogP contribution in [0.3, 0.4) is 0 Å². The molecule has 0 unspecified atom stereocenters. The summed E-state index contributed by atoms with van der Waals surface area (Å²) in [6.07, 6.45) is 13.4. The molecule has 0 aliphatic heterocycles. The first-order chi connectivity index (χ1) is 12.3. The molecule has 0 radical (unpaired) electrons. The maximum Gasteiger partial charge on any atom is 0.307 e. The van der Waals surface area contributed by atoms with Gasteiger partial charge in [-0.05, 0) is 12.8 Å². The zero-order valence-electron chi connectivity index (χ0n) is 17.8. The van der Waals surface area contributed by atoms with Gasteiger partial charge in [-0.1, -0.05) is 83.4 Å². The predicted molar refractivity (Wildman–Crippen MR) is 102 cm³/mol. The average Bonchev–Trinajstić information content (AvgIpc) is 2.55. The first-order valence-corrected chi connectivity index (χ1v) is 9.48. The molecule has 140 valence electrons. The van der Waals surface area contributed by atoms with E-state index in [0.29, 0.717) is 12.0 Å². The fourth-order valence-electron chi connectivity index (χ4n) is 2.45. The quantitative estimate of drug-likeness (QED) is 0.134. The van der Waals surface area contributed by atoms with Gasteiger partial charge >= 0.3 is 5.97 Å². The number of hydrogen-bond donors (Lipinski definition) is 0. The molecule has 0 aliphatic carbocycles. The van der Waals surface area contributed by atoms with Crippen LogP contribution >= 0.6 is 0 Å². The van der Waals surface area contributed by atoms with Crippen LogP contribution < -0.4 is 0 Å². The SMILES string of the molecule is [2H]C([2H])(OCCC(=C)OC(C)=O)C(=C)CCCCCCCCCCCC. The van der Waals surface area contributed by atoms with Crippen molar-refractivity contribution in [2.75, 3.05) is 13.2 Å². The van der Waals surface area contributed by atoms with E-state index in [1.807, 2.05) is 0 Å². The first-order valence-electron chi connectivity index (χ1n) is 10.5. The number of unbranched alkanes of at least 4 members (excludes halogenated alkanes) is 9. The van der Waals surface area contributed by atoms with Gasteiger partial charge in [0.25, 0.3) is 0 Å². The van der Waals surface area contributed by atoms with Gasteiger partial charge < -0.3 is 9.47 Å². The van der Waals surface area contributed by atoms with Crippen LogP contribution in [-0.4, -0.2) is 19.1 Å². The minimum Gasteiger partial charge on any atom is -0.432 e. The lowest BCUT2D eigenvalue weighted by Gasteiger charge is -2.08. The Morgan fingerprint density at radius 3 is 2.00 bits per heavy atom. The zero-order valence-corrected chi connectivity index (χ0v) is 15.8. The molecular weight excluding hydrogens is 300 g/mol. The Morgan fingerprint density at radius 2 is 1.46 bits per heavy atom. The summed E-state index contributed by atoms with van der Waals surface area (Å²) in [5.74, 6) is -0.142. The van der Waals surface area contributed by atoms with Gasteiger partial charge in [0, 0.05) is 13.3 Å². The molecule has 0 heterocycles. The Hall–Kier alpha value is -1.09. The number of carbonyl (C=O) groups excluding carboxylic acids is 1. The third-order valence-electron chi connectivity index (χ3n) is 3.82. The highest BCUT2D eigenvalue weighted by molar-refractivity contribution is 5.67. The summed E-state index contributed by atoms with van der Waals surface area (Å²) in [6.45, 7) is 9.24. The van der Waals surface area contributed by atoms with E-state index in [1.165, 1.54) is 58.3 Å². The maximum atomic E-state index is 10.8. The first kappa shape index (κ1) is 19.2. The summed E-state index contributed by atoms with van der Waals surface area (Å²) in [7, 11) is 0. The molecule has 0 rings (SSSR count). The van der Waals surface area contributed by atoms with Gasteiger partial charge in [0.05, 0.1) is 15.9 Å². The third kappa shape index (κ3) is 17.3. The van der Waals surface area contributed by atoms with Crippen molar-refractivity contribution in [3.8, 4) is 0 Å². The zero-order chi connectivity index (χ0) is 19.8. The molecule has 3 heteroatoms. The molecule has 0 aliphatic rings. The summed E-state index contributed by atoms with van der Waals surface area (Å²) in [5, 5.41) is 0. The Morgan fingerprint density at radius 1 is 0.917 bits per heavy atom. The molecule has 0 amide bonds. The normalized spacial score (nSPS) is 12.4. The lowest BCUT2D eigenvalue weighted by atomic mass is 10.0. The molecule has 3 nitrogen and oxygen atoms in total. The minimum absolute atomic E-state index is 0.107. The topological polar surface area (TPSA) is 35.5 Å². The average molecular weight is 341 g/mol. The van der Waals surface area contributed by atoms with Gasteiger partial charge in [0.15, 0.2) is 0 Å². The Balaban J connectivity index is 3.70. The van der Waals surface area contributed by atoms with E-state index in [9.17, 15) is 4.79 Å². The minimum atomic E-state index is -1.85. The second-order valence-corrected chi connectivity index (χ2v) is 6.37. The van der Waals surface area contributed by atoms with E-state index in [2.05, 4.69) is 20.1 Å². The molecule has 0 fully saturated rings. The summed E-state index contributed by atoms with van der Waals surface area (Å²) in [4.78, 5) is 10.8. The second-order valence-electron chi connectivity index (χ2n) is 6.37. The van der Waals surface area contributed by atoms with Gasteiger partial charge in [-0.15, -0.1) is 0 Å². The van der Waals surface area contributed by atoms with Gasteiger partial charge in [-0.2, -0.15) is 0 Å². The van der Waals surface area contributed by atoms with E-state index in [1.54, 1.807) is 0 Å². The van der Waals surface area contributed by atoms with Crippen LogP contribution in [0.1, 0.15) is 93.6 Å². The van der Waals surface area contributed by atoms with Crippen molar-refractivity contribution >= 4 is 5.97 Å². The molecule has 0 aromatic heterocycles. The van der Waals surface area contributed by atoms with Crippen molar-refractivity contribution in [1.29, 1.82) is 0 Å².